The molecule has 0 saturated heterocycles. The van der Waals surface area contributed by atoms with Crippen molar-refractivity contribution in [1.29, 1.82) is 0 Å². The fraction of sp³-hybridized carbons (Fsp3) is 0.240. The van der Waals surface area contributed by atoms with Crippen LogP contribution in [0.1, 0.15) is 37.5 Å². The molecule has 0 saturated carbocycles. The average Bonchev–Trinajstić information content (AvgIpc) is 3.28. The van der Waals surface area contributed by atoms with Crippen molar-refractivity contribution >= 4 is 23.0 Å². The molecular weight excluding hydrogens is 424 g/mol. The van der Waals surface area contributed by atoms with Gasteiger partial charge in [0.1, 0.15) is 5.75 Å². The number of benzene rings is 2. The standard InChI is InChI=1S/C25H24N2O4S/c1-15-24(32-16(2)26-15)22(28)20-21(18-9-11-19(31-3)12-10-18)27(25(30)23(20)29)14-13-17-7-5-4-6-8-17/h4-12,21,29H,13-14H2,1-3H3. The van der Waals surface area contributed by atoms with Crippen molar-refractivity contribution in [3.05, 3.63) is 92.6 Å². The van der Waals surface area contributed by atoms with Gasteiger partial charge in [-0.15, -0.1) is 11.3 Å². The predicted octanol–water partition coefficient (Wildman–Crippen LogP) is 4.59. The number of amides is 1. The molecule has 1 amide bonds. The van der Waals surface area contributed by atoms with Crippen LogP contribution in [-0.4, -0.2) is 40.3 Å². The molecule has 0 aliphatic carbocycles. The summed E-state index contributed by atoms with van der Waals surface area (Å²) in [7, 11) is 1.58. The number of hydrogen-bond acceptors (Lipinski definition) is 6. The van der Waals surface area contributed by atoms with Gasteiger partial charge in [0, 0.05) is 6.54 Å². The number of ketones is 1. The summed E-state index contributed by atoms with van der Waals surface area (Å²) in [5.74, 6) is -0.718. The quantitative estimate of drug-likeness (QED) is 0.535. The molecule has 1 atom stereocenters. The first-order chi connectivity index (χ1) is 15.4. The number of aryl methyl sites for hydroxylation is 2. The number of ether oxygens (including phenoxy) is 1. The van der Waals surface area contributed by atoms with Crippen molar-refractivity contribution in [3.8, 4) is 5.75 Å². The van der Waals surface area contributed by atoms with Gasteiger partial charge in [-0.25, -0.2) is 4.98 Å². The largest absolute Gasteiger partial charge is 0.503 e. The first kappa shape index (κ1) is 21.8. The van der Waals surface area contributed by atoms with E-state index in [9.17, 15) is 14.7 Å². The van der Waals surface area contributed by atoms with Gasteiger partial charge in [-0.05, 0) is 43.5 Å². The fourth-order valence-corrected chi connectivity index (χ4v) is 4.88. The van der Waals surface area contributed by atoms with Gasteiger partial charge >= 0.3 is 0 Å². The van der Waals surface area contributed by atoms with E-state index in [0.717, 1.165) is 16.1 Å². The molecule has 6 nitrogen and oxygen atoms in total. The van der Waals surface area contributed by atoms with E-state index in [1.807, 2.05) is 49.4 Å². The van der Waals surface area contributed by atoms with Gasteiger partial charge in [-0.1, -0.05) is 42.5 Å². The monoisotopic (exact) mass is 448 g/mol. The van der Waals surface area contributed by atoms with Crippen molar-refractivity contribution < 1.29 is 19.4 Å². The maximum Gasteiger partial charge on any atom is 0.290 e. The lowest BCUT2D eigenvalue weighted by molar-refractivity contribution is -0.129. The topological polar surface area (TPSA) is 79.7 Å². The highest BCUT2D eigenvalue weighted by Crippen LogP contribution is 2.40. The number of hydrogen-bond donors (Lipinski definition) is 1. The Morgan fingerprint density at radius 1 is 1.12 bits per heavy atom. The Hall–Kier alpha value is -3.45. The molecule has 1 aromatic heterocycles. The van der Waals surface area contributed by atoms with E-state index in [1.54, 1.807) is 31.1 Å². The minimum atomic E-state index is -0.688. The van der Waals surface area contributed by atoms with Gasteiger partial charge < -0.3 is 14.7 Å². The van der Waals surface area contributed by atoms with Crippen molar-refractivity contribution in [2.45, 2.75) is 26.3 Å². The highest BCUT2D eigenvalue weighted by atomic mass is 32.1. The molecule has 0 radical (unpaired) electrons. The number of Topliss-reactive ketones (excluding diaryl/α,β-unsaturated/α-hetero) is 1. The van der Waals surface area contributed by atoms with Crippen molar-refractivity contribution in [1.82, 2.24) is 9.88 Å². The second kappa shape index (κ2) is 8.96. The van der Waals surface area contributed by atoms with Crippen LogP contribution < -0.4 is 4.74 Å². The SMILES string of the molecule is COc1ccc(C2C(C(=O)c3sc(C)nc3C)=C(O)C(=O)N2CCc2ccccc2)cc1. The van der Waals surface area contributed by atoms with Gasteiger partial charge in [-0.2, -0.15) is 0 Å². The lowest BCUT2D eigenvalue weighted by atomic mass is 9.94. The Balaban J connectivity index is 1.74. The molecule has 0 bridgehead atoms. The lowest BCUT2D eigenvalue weighted by Gasteiger charge is -2.27. The second-order valence-corrected chi connectivity index (χ2v) is 8.85. The van der Waals surface area contributed by atoms with Crippen molar-refractivity contribution in [3.63, 3.8) is 0 Å². The Kier molecular flexibility index (Phi) is 6.10. The van der Waals surface area contributed by atoms with E-state index in [4.69, 9.17) is 4.74 Å². The first-order valence-electron chi connectivity index (χ1n) is 10.3. The Labute approximate surface area is 190 Å². The molecule has 1 aliphatic heterocycles. The summed E-state index contributed by atoms with van der Waals surface area (Å²) in [5.41, 5.74) is 2.50. The molecule has 164 valence electrons. The first-order valence-corrected chi connectivity index (χ1v) is 11.1. The summed E-state index contributed by atoms with van der Waals surface area (Å²) in [6.07, 6.45) is 0.604. The highest BCUT2D eigenvalue weighted by molar-refractivity contribution is 7.14. The number of rotatable bonds is 7. The minimum absolute atomic E-state index is 0.0972. The molecule has 1 aliphatic rings. The molecule has 7 heteroatoms. The number of methoxy groups -OCH3 is 1. The zero-order valence-electron chi connectivity index (χ0n) is 18.2. The minimum Gasteiger partial charge on any atom is -0.503 e. The zero-order chi connectivity index (χ0) is 22.8. The van der Waals surface area contributed by atoms with Crippen LogP contribution in [0.2, 0.25) is 0 Å². The molecule has 2 heterocycles. The van der Waals surface area contributed by atoms with Crippen molar-refractivity contribution in [2.24, 2.45) is 0 Å². The maximum atomic E-state index is 13.5. The zero-order valence-corrected chi connectivity index (χ0v) is 19.0. The molecule has 32 heavy (non-hydrogen) atoms. The lowest BCUT2D eigenvalue weighted by Crippen LogP contribution is -2.33. The predicted molar refractivity (Wildman–Crippen MR) is 123 cm³/mol. The van der Waals surface area contributed by atoms with E-state index in [1.165, 1.54) is 11.3 Å². The molecule has 0 fully saturated rings. The molecule has 1 unspecified atom stereocenters. The average molecular weight is 449 g/mol. The summed E-state index contributed by atoms with van der Waals surface area (Å²) in [6.45, 7) is 3.96. The van der Waals surface area contributed by atoms with Crippen molar-refractivity contribution in [2.75, 3.05) is 13.7 Å². The number of nitrogens with zero attached hydrogens (tertiary/aromatic N) is 2. The fourth-order valence-electron chi connectivity index (χ4n) is 4.01. The van der Waals surface area contributed by atoms with Crippen LogP contribution in [0.25, 0.3) is 0 Å². The van der Waals surface area contributed by atoms with Gasteiger partial charge in [-0.3, -0.25) is 9.59 Å². The van der Waals surface area contributed by atoms with Crippen LogP contribution in [0.15, 0.2) is 65.9 Å². The van der Waals surface area contributed by atoms with Crippen LogP contribution in [0.5, 0.6) is 5.75 Å². The Morgan fingerprint density at radius 3 is 2.41 bits per heavy atom. The molecule has 2 aromatic carbocycles. The molecule has 4 rings (SSSR count). The number of aromatic nitrogens is 1. The third-order valence-corrected chi connectivity index (χ3v) is 6.65. The van der Waals surface area contributed by atoms with E-state index in [0.29, 0.717) is 29.3 Å². The molecular formula is C25H24N2O4S. The number of aliphatic hydroxyl groups excluding tert-OH is 1. The van der Waals surface area contributed by atoms with E-state index < -0.39 is 17.7 Å². The van der Waals surface area contributed by atoms with Gasteiger partial charge in [0.05, 0.1) is 34.3 Å². The van der Waals surface area contributed by atoms with Crippen LogP contribution in [0.4, 0.5) is 0 Å². The number of carbonyl (C=O) groups is 2. The van der Waals surface area contributed by atoms with Crippen LogP contribution in [-0.2, 0) is 11.2 Å². The summed E-state index contributed by atoms with van der Waals surface area (Å²) in [6, 6.07) is 16.3. The smallest absolute Gasteiger partial charge is 0.290 e. The number of carbonyl (C=O) groups excluding carboxylic acids is 2. The molecule has 0 spiro atoms. The summed E-state index contributed by atoms with van der Waals surface area (Å²) in [5, 5.41) is 11.6. The summed E-state index contributed by atoms with van der Waals surface area (Å²) < 4.78 is 5.25. The molecule has 3 aromatic rings. The Morgan fingerprint density at radius 2 is 1.81 bits per heavy atom. The third-order valence-electron chi connectivity index (χ3n) is 5.57. The number of aliphatic hydroxyl groups is 1. The Bertz CT molecular complexity index is 1180. The van der Waals surface area contributed by atoms with E-state index in [2.05, 4.69) is 4.98 Å². The number of thiazole rings is 1. The normalized spacial score (nSPS) is 16.0. The summed E-state index contributed by atoms with van der Waals surface area (Å²) >= 11 is 1.27. The van der Waals surface area contributed by atoms with E-state index in [-0.39, 0.29) is 11.4 Å². The second-order valence-electron chi connectivity index (χ2n) is 7.65. The third kappa shape index (κ3) is 4.03. The maximum absolute atomic E-state index is 13.5. The van der Waals surface area contributed by atoms with Gasteiger partial charge in [0.25, 0.3) is 5.91 Å². The van der Waals surface area contributed by atoms with E-state index >= 15 is 0 Å². The van der Waals surface area contributed by atoms with Gasteiger partial charge in [0.15, 0.2) is 5.76 Å². The van der Waals surface area contributed by atoms with Crippen LogP contribution in [0.3, 0.4) is 0 Å². The van der Waals surface area contributed by atoms with Gasteiger partial charge in [0.2, 0.25) is 5.78 Å². The highest BCUT2D eigenvalue weighted by Gasteiger charge is 2.44. The summed E-state index contributed by atoms with van der Waals surface area (Å²) in [4.78, 5) is 33.0. The molecule has 1 N–H and O–H groups in total. The van der Waals surface area contributed by atoms with Crippen LogP contribution in [0, 0.1) is 13.8 Å². The van der Waals surface area contributed by atoms with Crippen LogP contribution >= 0.6 is 11.3 Å².